The number of hydrogen-bond acceptors (Lipinski definition) is 3. The molecule has 0 aromatic carbocycles. The van der Waals surface area contributed by atoms with E-state index in [1.807, 2.05) is 13.8 Å². The summed E-state index contributed by atoms with van der Waals surface area (Å²) in [5.41, 5.74) is 0.0430. The quantitative estimate of drug-likeness (QED) is 0.640. The van der Waals surface area contributed by atoms with E-state index in [0.29, 0.717) is 19.6 Å². The Hall–Kier alpha value is -1.20. The second-order valence-corrected chi connectivity index (χ2v) is 4.38. The summed E-state index contributed by atoms with van der Waals surface area (Å²) in [6.07, 6.45) is 1.82. The third-order valence-corrected chi connectivity index (χ3v) is 2.41. The fraction of sp³-hybridized carbons (Fsp3) is 0.500. The Balaban J connectivity index is 2.39. The molecule has 18 heavy (non-hydrogen) atoms. The Kier molecular flexibility index (Phi) is 6.01. The monoisotopic (exact) mass is 274 g/mol. The fourth-order valence-electron chi connectivity index (χ4n) is 1.27. The lowest BCUT2D eigenvalue weighted by atomic mass is 10.2. The topological polar surface area (TPSA) is 51.2 Å². The van der Waals surface area contributed by atoms with Gasteiger partial charge in [-0.25, -0.2) is 9.37 Å². The van der Waals surface area contributed by atoms with Crippen molar-refractivity contribution < 1.29 is 13.9 Å². The number of amides is 1. The van der Waals surface area contributed by atoms with Gasteiger partial charge in [-0.15, -0.1) is 0 Å². The Labute approximate surface area is 110 Å². The molecule has 0 unspecified atom stereocenters. The molecule has 1 heterocycles. The molecule has 0 aliphatic heterocycles. The van der Waals surface area contributed by atoms with Crippen LogP contribution in [0.1, 0.15) is 30.6 Å². The first-order chi connectivity index (χ1) is 8.50. The number of nitrogens with one attached hydrogen (secondary N) is 1. The summed E-state index contributed by atoms with van der Waals surface area (Å²) in [7, 11) is 0. The lowest BCUT2D eigenvalue weighted by Gasteiger charge is -2.08. The molecule has 6 heteroatoms. The van der Waals surface area contributed by atoms with E-state index in [9.17, 15) is 9.18 Å². The van der Waals surface area contributed by atoms with Crippen LogP contribution in [0, 0.1) is 5.82 Å². The normalized spacial score (nSPS) is 10.7. The Morgan fingerprint density at radius 2 is 2.33 bits per heavy atom. The van der Waals surface area contributed by atoms with Crippen LogP contribution < -0.4 is 5.32 Å². The van der Waals surface area contributed by atoms with Gasteiger partial charge < -0.3 is 10.1 Å². The second kappa shape index (κ2) is 7.28. The molecule has 1 aromatic rings. The molecule has 0 saturated heterocycles. The van der Waals surface area contributed by atoms with E-state index < -0.39 is 11.7 Å². The lowest BCUT2D eigenvalue weighted by molar-refractivity contribution is 0.0757. The van der Waals surface area contributed by atoms with Gasteiger partial charge in [0.2, 0.25) is 0 Å². The predicted octanol–water partition coefficient (Wildman–Crippen LogP) is 2.42. The molecule has 1 rings (SSSR count). The smallest absolute Gasteiger partial charge is 0.254 e. The van der Waals surface area contributed by atoms with Gasteiger partial charge in [-0.3, -0.25) is 4.79 Å². The van der Waals surface area contributed by atoms with Crippen LogP contribution in [0.4, 0.5) is 4.39 Å². The van der Waals surface area contributed by atoms with Gasteiger partial charge in [0.25, 0.3) is 5.91 Å². The highest BCUT2D eigenvalue weighted by atomic mass is 35.5. The molecular weight excluding hydrogens is 259 g/mol. The minimum atomic E-state index is -0.590. The molecule has 0 bridgehead atoms. The van der Waals surface area contributed by atoms with Crippen LogP contribution in [-0.4, -0.2) is 30.1 Å². The summed E-state index contributed by atoms with van der Waals surface area (Å²) in [5, 5.41) is 2.62. The second-order valence-electron chi connectivity index (χ2n) is 4.02. The maximum absolute atomic E-state index is 12.9. The van der Waals surface area contributed by atoms with Crippen molar-refractivity contribution in [1.29, 1.82) is 0 Å². The van der Waals surface area contributed by atoms with E-state index >= 15 is 0 Å². The van der Waals surface area contributed by atoms with Gasteiger partial charge in [0.1, 0.15) is 11.0 Å². The number of halogens is 2. The summed E-state index contributed by atoms with van der Waals surface area (Å²) in [6.45, 7) is 4.89. The zero-order valence-electron chi connectivity index (χ0n) is 10.4. The van der Waals surface area contributed by atoms with E-state index in [1.54, 1.807) is 0 Å². The number of nitrogens with zero attached hydrogens (tertiary/aromatic N) is 1. The van der Waals surface area contributed by atoms with Crippen molar-refractivity contribution in [3.8, 4) is 0 Å². The molecule has 4 nitrogen and oxygen atoms in total. The number of pyridine rings is 1. The standard InChI is InChI=1S/C12H16ClFN2O2/c1-8(2)18-5-3-4-15-12(17)10-6-9(14)7-16-11(10)13/h6-8H,3-5H2,1-2H3,(H,15,17). The molecule has 1 N–H and O–H groups in total. The molecule has 100 valence electrons. The maximum atomic E-state index is 12.9. The van der Waals surface area contributed by atoms with Crippen LogP contribution in [0.3, 0.4) is 0 Å². The van der Waals surface area contributed by atoms with Crippen molar-refractivity contribution >= 4 is 17.5 Å². The lowest BCUT2D eigenvalue weighted by Crippen LogP contribution is -2.26. The molecule has 1 aromatic heterocycles. The van der Waals surface area contributed by atoms with Crippen molar-refractivity contribution in [2.45, 2.75) is 26.4 Å². The summed E-state index contributed by atoms with van der Waals surface area (Å²) < 4.78 is 18.2. The first-order valence-corrected chi connectivity index (χ1v) is 6.09. The summed E-state index contributed by atoms with van der Waals surface area (Å²) in [6, 6.07) is 1.06. The van der Waals surface area contributed by atoms with Gasteiger partial charge in [-0.1, -0.05) is 11.6 Å². The molecule has 1 amide bonds. The highest BCUT2D eigenvalue weighted by Gasteiger charge is 2.11. The average molecular weight is 275 g/mol. The Morgan fingerprint density at radius 3 is 3.00 bits per heavy atom. The first kappa shape index (κ1) is 14.9. The fourth-order valence-corrected chi connectivity index (χ4v) is 1.46. The highest BCUT2D eigenvalue weighted by molar-refractivity contribution is 6.32. The van der Waals surface area contributed by atoms with E-state index in [4.69, 9.17) is 16.3 Å². The molecule has 0 saturated carbocycles. The molecule has 0 aliphatic rings. The molecular formula is C12H16ClFN2O2. The average Bonchev–Trinajstić information content (AvgIpc) is 2.31. The highest BCUT2D eigenvalue weighted by Crippen LogP contribution is 2.13. The molecule has 0 fully saturated rings. The predicted molar refractivity (Wildman–Crippen MR) is 67.2 cm³/mol. The number of hydrogen-bond donors (Lipinski definition) is 1. The van der Waals surface area contributed by atoms with Crippen LogP contribution in [0.25, 0.3) is 0 Å². The number of aromatic nitrogens is 1. The number of carbonyl (C=O) groups is 1. The molecule has 0 radical (unpaired) electrons. The summed E-state index contributed by atoms with van der Waals surface area (Å²) >= 11 is 5.71. The van der Waals surface area contributed by atoms with Crippen molar-refractivity contribution in [1.82, 2.24) is 10.3 Å². The molecule has 0 aliphatic carbocycles. The third-order valence-electron chi connectivity index (χ3n) is 2.11. The van der Waals surface area contributed by atoms with Gasteiger partial charge >= 0.3 is 0 Å². The third kappa shape index (κ3) is 4.98. The summed E-state index contributed by atoms with van der Waals surface area (Å²) in [4.78, 5) is 15.2. The molecule has 0 spiro atoms. The minimum Gasteiger partial charge on any atom is -0.379 e. The zero-order chi connectivity index (χ0) is 13.5. The van der Waals surface area contributed by atoms with Crippen LogP contribution in [-0.2, 0) is 4.74 Å². The van der Waals surface area contributed by atoms with Crippen LogP contribution >= 0.6 is 11.6 Å². The first-order valence-electron chi connectivity index (χ1n) is 5.71. The van der Waals surface area contributed by atoms with Gasteiger partial charge in [0.05, 0.1) is 17.9 Å². The molecule has 0 atom stereocenters. The van der Waals surface area contributed by atoms with Gasteiger partial charge in [-0.2, -0.15) is 0 Å². The SMILES string of the molecule is CC(C)OCCCNC(=O)c1cc(F)cnc1Cl. The van der Waals surface area contributed by atoms with Crippen molar-refractivity contribution in [2.75, 3.05) is 13.2 Å². The largest absolute Gasteiger partial charge is 0.379 e. The Morgan fingerprint density at radius 1 is 1.61 bits per heavy atom. The number of carbonyl (C=O) groups excluding carboxylic acids is 1. The van der Waals surface area contributed by atoms with E-state index in [1.165, 1.54) is 0 Å². The van der Waals surface area contributed by atoms with E-state index in [-0.39, 0.29) is 16.8 Å². The zero-order valence-corrected chi connectivity index (χ0v) is 11.1. The van der Waals surface area contributed by atoms with E-state index in [0.717, 1.165) is 12.3 Å². The van der Waals surface area contributed by atoms with Gasteiger partial charge in [-0.05, 0) is 26.3 Å². The van der Waals surface area contributed by atoms with Crippen molar-refractivity contribution in [3.05, 3.63) is 28.8 Å². The van der Waals surface area contributed by atoms with Gasteiger partial charge in [0, 0.05) is 13.2 Å². The Bertz CT molecular complexity index is 413. The summed E-state index contributed by atoms with van der Waals surface area (Å²) in [5.74, 6) is -1.02. The number of ether oxygens (including phenoxy) is 1. The maximum Gasteiger partial charge on any atom is 0.254 e. The van der Waals surface area contributed by atoms with Gasteiger partial charge in [0.15, 0.2) is 0 Å². The van der Waals surface area contributed by atoms with Crippen molar-refractivity contribution in [2.24, 2.45) is 0 Å². The number of rotatable bonds is 6. The van der Waals surface area contributed by atoms with Crippen LogP contribution in [0.15, 0.2) is 12.3 Å². The van der Waals surface area contributed by atoms with Crippen LogP contribution in [0.2, 0.25) is 5.15 Å². The van der Waals surface area contributed by atoms with Crippen LogP contribution in [0.5, 0.6) is 0 Å². The van der Waals surface area contributed by atoms with E-state index in [2.05, 4.69) is 10.3 Å². The van der Waals surface area contributed by atoms with Crippen molar-refractivity contribution in [3.63, 3.8) is 0 Å². The minimum absolute atomic E-state index is 0.00710.